The lowest BCUT2D eigenvalue weighted by atomic mass is 9.69. The highest BCUT2D eigenvalue weighted by Crippen LogP contribution is 2.40. The van der Waals surface area contributed by atoms with Crippen LogP contribution in [0.2, 0.25) is 0 Å². The van der Waals surface area contributed by atoms with Crippen molar-refractivity contribution in [1.82, 2.24) is 10.2 Å². The predicted molar refractivity (Wildman–Crippen MR) is 94.8 cm³/mol. The SMILES string of the molecule is CCC(C)N(CC)CC1(CNCC(C)C)CCCC(C)C1. The zero-order valence-electron chi connectivity index (χ0n) is 15.5. The van der Waals surface area contributed by atoms with E-state index in [9.17, 15) is 0 Å². The van der Waals surface area contributed by atoms with Gasteiger partial charge in [0.25, 0.3) is 0 Å². The molecule has 1 fully saturated rings. The molecule has 0 amide bonds. The number of nitrogens with one attached hydrogen (secondary N) is 1. The van der Waals surface area contributed by atoms with E-state index in [-0.39, 0.29) is 0 Å². The van der Waals surface area contributed by atoms with Gasteiger partial charge < -0.3 is 10.2 Å². The molecular weight excluding hydrogens is 256 g/mol. The summed E-state index contributed by atoms with van der Waals surface area (Å²) in [7, 11) is 0. The highest BCUT2D eigenvalue weighted by atomic mass is 15.2. The summed E-state index contributed by atoms with van der Waals surface area (Å²) in [6.45, 7) is 19.0. The second kappa shape index (κ2) is 9.15. The summed E-state index contributed by atoms with van der Waals surface area (Å²) < 4.78 is 0. The molecule has 3 unspecified atom stereocenters. The van der Waals surface area contributed by atoms with Gasteiger partial charge >= 0.3 is 0 Å². The van der Waals surface area contributed by atoms with E-state index in [0.717, 1.165) is 18.4 Å². The maximum atomic E-state index is 3.78. The van der Waals surface area contributed by atoms with E-state index in [1.165, 1.54) is 51.7 Å². The lowest BCUT2D eigenvalue weighted by Gasteiger charge is -2.45. The quantitative estimate of drug-likeness (QED) is 0.671. The summed E-state index contributed by atoms with van der Waals surface area (Å²) >= 11 is 0. The number of hydrogen-bond donors (Lipinski definition) is 1. The Bertz CT molecular complexity index is 277. The van der Waals surface area contributed by atoms with Gasteiger partial charge in [-0.15, -0.1) is 0 Å². The highest BCUT2D eigenvalue weighted by molar-refractivity contribution is 4.90. The van der Waals surface area contributed by atoms with Crippen molar-refractivity contribution in [1.29, 1.82) is 0 Å². The van der Waals surface area contributed by atoms with Gasteiger partial charge in [-0.05, 0) is 56.5 Å². The first kappa shape index (κ1) is 19.0. The van der Waals surface area contributed by atoms with Gasteiger partial charge in [-0.25, -0.2) is 0 Å². The van der Waals surface area contributed by atoms with Crippen molar-refractivity contribution in [3.8, 4) is 0 Å². The lowest BCUT2D eigenvalue weighted by Crippen LogP contribution is -2.49. The molecule has 3 atom stereocenters. The average molecular weight is 297 g/mol. The third kappa shape index (κ3) is 6.28. The molecule has 0 spiro atoms. The summed E-state index contributed by atoms with van der Waals surface area (Å²) in [5, 5.41) is 3.78. The van der Waals surface area contributed by atoms with Crippen LogP contribution >= 0.6 is 0 Å². The normalized spacial score (nSPS) is 28.3. The van der Waals surface area contributed by atoms with Crippen molar-refractivity contribution in [2.45, 2.75) is 79.7 Å². The number of hydrogen-bond acceptors (Lipinski definition) is 2. The fourth-order valence-electron chi connectivity index (χ4n) is 4.02. The van der Waals surface area contributed by atoms with E-state index < -0.39 is 0 Å². The molecule has 1 aliphatic rings. The van der Waals surface area contributed by atoms with Gasteiger partial charge in [0.05, 0.1) is 0 Å². The molecule has 1 aliphatic carbocycles. The Kier molecular flexibility index (Phi) is 8.26. The van der Waals surface area contributed by atoms with Crippen LogP contribution < -0.4 is 5.32 Å². The minimum absolute atomic E-state index is 0.506. The third-order valence-electron chi connectivity index (χ3n) is 5.40. The molecule has 126 valence electrons. The molecule has 0 aromatic rings. The van der Waals surface area contributed by atoms with Crippen LogP contribution in [0.4, 0.5) is 0 Å². The smallest absolute Gasteiger partial charge is 0.00644 e. The Hall–Kier alpha value is -0.0800. The third-order valence-corrected chi connectivity index (χ3v) is 5.40. The molecule has 0 radical (unpaired) electrons. The van der Waals surface area contributed by atoms with E-state index in [1.807, 2.05) is 0 Å². The van der Waals surface area contributed by atoms with Gasteiger partial charge in [0.2, 0.25) is 0 Å². The van der Waals surface area contributed by atoms with Crippen molar-refractivity contribution in [3.05, 3.63) is 0 Å². The number of rotatable bonds is 9. The minimum Gasteiger partial charge on any atom is -0.316 e. The fraction of sp³-hybridized carbons (Fsp3) is 1.00. The maximum absolute atomic E-state index is 3.78. The van der Waals surface area contributed by atoms with Gasteiger partial charge in [0.1, 0.15) is 0 Å². The Labute approximate surface area is 134 Å². The summed E-state index contributed by atoms with van der Waals surface area (Å²) in [5.41, 5.74) is 0.506. The molecule has 1 rings (SSSR count). The number of nitrogens with zero attached hydrogens (tertiary/aromatic N) is 1. The first-order valence-corrected chi connectivity index (χ1v) is 9.37. The van der Waals surface area contributed by atoms with E-state index in [2.05, 4.69) is 51.8 Å². The van der Waals surface area contributed by atoms with Crippen molar-refractivity contribution in [3.63, 3.8) is 0 Å². The van der Waals surface area contributed by atoms with Crippen LogP contribution in [0.15, 0.2) is 0 Å². The average Bonchev–Trinajstić information content (AvgIpc) is 2.43. The fourth-order valence-corrected chi connectivity index (χ4v) is 4.02. The van der Waals surface area contributed by atoms with Crippen LogP contribution in [0.3, 0.4) is 0 Å². The molecule has 0 saturated heterocycles. The standard InChI is InChI=1S/C19H40N2/c1-7-18(6)21(8-2)15-19(14-20-13-16(3)4)11-9-10-17(5)12-19/h16-18,20H,7-15H2,1-6H3. The van der Waals surface area contributed by atoms with Crippen molar-refractivity contribution < 1.29 is 0 Å². The van der Waals surface area contributed by atoms with E-state index in [4.69, 9.17) is 0 Å². The second-order valence-electron chi connectivity index (χ2n) is 8.05. The maximum Gasteiger partial charge on any atom is 0.00644 e. The molecule has 0 aromatic heterocycles. The molecule has 21 heavy (non-hydrogen) atoms. The van der Waals surface area contributed by atoms with E-state index >= 15 is 0 Å². The minimum atomic E-state index is 0.506. The first-order valence-electron chi connectivity index (χ1n) is 9.37. The molecule has 0 aromatic carbocycles. The van der Waals surface area contributed by atoms with Crippen LogP contribution in [0.1, 0.15) is 73.6 Å². The van der Waals surface area contributed by atoms with Crippen LogP contribution in [0.25, 0.3) is 0 Å². The summed E-state index contributed by atoms with van der Waals surface area (Å²) in [5.74, 6) is 1.65. The Morgan fingerprint density at radius 2 is 1.95 bits per heavy atom. The van der Waals surface area contributed by atoms with Gasteiger partial charge in [-0.1, -0.05) is 47.5 Å². The molecular formula is C19H40N2. The highest BCUT2D eigenvalue weighted by Gasteiger charge is 2.36. The lowest BCUT2D eigenvalue weighted by molar-refractivity contribution is 0.0627. The van der Waals surface area contributed by atoms with Crippen molar-refractivity contribution in [2.75, 3.05) is 26.2 Å². The molecule has 0 heterocycles. The van der Waals surface area contributed by atoms with Crippen LogP contribution in [0.5, 0.6) is 0 Å². The molecule has 1 N–H and O–H groups in total. The van der Waals surface area contributed by atoms with Gasteiger partial charge in [-0.3, -0.25) is 0 Å². The molecule has 0 aliphatic heterocycles. The van der Waals surface area contributed by atoms with Gasteiger partial charge in [0.15, 0.2) is 0 Å². The van der Waals surface area contributed by atoms with E-state index in [0.29, 0.717) is 11.5 Å². The van der Waals surface area contributed by atoms with Crippen LogP contribution in [-0.4, -0.2) is 37.1 Å². The van der Waals surface area contributed by atoms with Crippen molar-refractivity contribution in [2.24, 2.45) is 17.3 Å². The van der Waals surface area contributed by atoms with Crippen LogP contribution in [-0.2, 0) is 0 Å². The van der Waals surface area contributed by atoms with E-state index in [1.54, 1.807) is 0 Å². The van der Waals surface area contributed by atoms with Crippen molar-refractivity contribution >= 4 is 0 Å². The van der Waals surface area contributed by atoms with Gasteiger partial charge in [0, 0.05) is 19.1 Å². The van der Waals surface area contributed by atoms with Crippen LogP contribution in [0, 0.1) is 17.3 Å². The molecule has 2 heteroatoms. The summed E-state index contributed by atoms with van der Waals surface area (Å²) in [6.07, 6.45) is 6.93. The first-order chi connectivity index (χ1) is 9.92. The van der Waals surface area contributed by atoms with Gasteiger partial charge in [-0.2, -0.15) is 0 Å². The molecule has 2 nitrogen and oxygen atoms in total. The second-order valence-corrected chi connectivity index (χ2v) is 8.05. The topological polar surface area (TPSA) is 15.3 Å². The zero-order valence-corrected chi connectivity index (χ0v) is 15.5. The zero-order chi connectivity index (χ0) is 15.9. The largest absolute Gasteiger partial charge is 0.316 e. The Morgan fingerprint density at radius 3 is 2.48 bits per heavy atom. The molecule has 1 saturated carbocycles. The Morgan fingerprint density at radius 1 is 1.24 bits per heavy atom. The Balaban J connectivity index is 2.70. The predicted octanol–water partition coefficient (Wildman–Crippen LogP) is 4.55. The summed E-state index contributed by atoms with van der Waals surface area (Å²) in [4.78, 5) is 2.72. The monoisotopic (exact) mass is 296 g/mol. The molecule has 0 bridgehead atoms. The summed E-state index contributed by atoms with van der Waals surface area (Å²) in [6, 6.07) is 0.717.